The number of benzene rings is 1. The molecule has 21 heavy (non-hydrogen) atoms. The zero-order chi connectivity index (χ0) is 15.8. The molecule has 1 aromatic carbocycles. The van der Waals surface area contributed by atoms with Crippen molar-refractivity contribution in [3.8, 4) is 0 Å². The Hall–Kier alpha value is -1.44. The molecule has 1 N–H and O–H groups in total. The van der Waals surface area contributed by atoms with E-state index in [2.05, 4.69) is 4.98 Å². The number of aryl methyl sites for hydroxylation is 2. The van der Waals surface area contributed by atoms with Gasteiger partial charge >= 0.3 is 4.87 Å². The molecule has 2 aromatic rings. The molecule has 0 aliphatic heterocycles. The van der Waals surface area contributed by atoms with Gasteiger partial charge in [0.1, 0.15) is 0 Å². The Morgan fingerprint density at radius 1 is 1.19 bits per heavy atom. The van der Waals surface area contributed by atoms with Crippen LogP contribution in [-0.2, 0) is 10.0 Å². The molecular weight excluding hydrogens is 308 g/mol. The fourth-order valence-corrected chi connectivity index (χ4v) is 4.85. The van der Waals surface area contributed by atoms with Crippen molar-refractivity contribution in [2.75, 3.05) is 7.05 Å². The lowest BCUT2D eigenvalue weighted by molar-refractivity contribution is 0.399. The van der Waals surface area contributed by atoms with Gasteiger partial charge in [0.05, 0.1) is 0 Å². The van der Waals surface area contributed by atoms with E-state index in [0.29, 0.717) is 5.69 Å². The van der Waals surface area contributed by atoms with E-state index in [9.17, 15) is 13.2 Å². The monoisotopic (exact) mass is 326 g/mol. The minimum Gasteiger partial charge on any atom is -0.315 e. The summed E-state index contributed by atoms with van der Waals surface area (Å²) >= 11 is 0.724. The minimum atomic E-state index is -3.69. The highest BCUT2D eigenvalue weighted by atomic mass is 32.2. The van der Waals surface area contributed by atoms with Crippen molar-refractivity contribution in [1.82, 2.24) is 9.29 Å². The second-order valence-corrected chi connectivity index (χ2v) is 8.21. The standard InChI is InChI=1S/C14H18N2O3S2/c1-9-5-7-12(8-6-9)11(3)16(4)21(18,19)13-10(2)15-14(17)20-13/h5-8,11H,1-4H3,(H,15,17). The van der Waals surface area contributed by atoms with Crippen LogP contribution in [-0.4, -0.2) is 24.8 Å². The molecule has 0 fully saturated rings. The number of rotatable bonds is 4. The van der Waals surface area contributed by atoms with Gasteiger partial charge in [-0.2, -0.15) is 4.31 Å². The highest BCUT2D eigenvalue weighted by Gasteiger charge is 2.29. The maximum absolute atomic E-state index is 12.6. The van der Waals surface area contributed by atoms with E-state index < -0.39 is 10.0 Å². The Morgan fingerprint density at radius 2 is 1.76 bits per heavy atom. The topological polar surface area (TPSA) is 70.2 Å². The zero-order valence-electron chi connectivity index (χ0n) is 12.4. The van der Waals surface area contributed by atoms with Crippen LogP contribution in [0.5, 0.6) is 0 Å². The van der Waals surface area contributed by atoms with Crippen molar-refractivity contribution in [2.45, 2.75) is 31.0 Å². The Balaban J connectivity index is 2.38. The molecule has 0 saturated carbocycles. The van der Waals surface area contributed by atoms with Gasteiger partial charge in [0.25, 0.3) is 10.0 Å². The second-order valence-electron chi connectivity index (χ2n) is 5.03. The summed E-state index contributed by atoms with van der Waals surface area (Å²) in [6.07, 6.45) is 0. The number of nitrogens with one attached hydrogen (secondary N) is 1. The summed E-state index contributed by atoms with van der Waals surface area (Å²) in [7, 11) is -2.15. The number of aromatic amines is 1. The van der Waals surface area contributed by atoms with Crippen molar-refractivity contribution in [3.05, 3.63) is 50.8 Å². The third kappa shape index (κ3) is 3.09. The first-order valence-electron chi connectivity index (χ1n) is 6.48. The lowest BCUT2D eigenvalue weighted by Gasteiger charge is -2.24. The van der Waals surface area contributed by atoms with Crippen molar-refractivity contribution < 1.29 is 8.42 Å². The molecule has 1 atom stereocenters. The molecule has 0 radical (unpaired) electrons. The number of hydrogen-bond acceptors (Lipinski definition) is 4. The first-order valence-corrected chi connectivity index (χ1v) is 8.73. The Bertz CT molecular complexity index is 788. The summed E-state index contributed by atoms with van der Waals surface area (Å²) < 4.78 is 26.6. The molecule has 7 heteroatoms. The lowest BCUT2D eigenvalue weighted by atomic mass is 10.1. The Kier molecular flexibility index (Phi) is 4.36. The third-order valence-corrected chi connectivity index (χ3v) is 7.01. The van der Waals surface area contributed by atoms with E-state index in [1.807, 2.05) is 38.1 Å². The van der Waals surface area contributed by atoms with Gasteiger partial charge in [-0.3, -0.25) is 4.79 Å². The average molecular weight is 326 g/mol. The van der Waals surface area contributed by atoms with E-state index in [1.54, 1.807) is 6.92 Å². The molecule has 0 spiro atoms. The molecule has 0 saturated heterocycles. The second kappa shape index (κ2) is 5.75. The van der Waals surface area contributed by atoms with Crippen LogP contribution in [0.4, 0.5) is 0 Å². The van der Waals surface area contributed by atoms with E-state index in [4.69, 9.17) is 0 Å². The van der Waals surface area contributed by atoms with Crippen LogP contribution in [0.2, 0.25) is 0 Å². The fourth-order valence-electron chi connectivity index (χ4n) is 2.03. The van der Waals surface area contributed by atoms with Crippen LogP contribution in [0.25, 0.3) is 0 Å². The van der Waals surface area contributed by atoms with Crippen molar-refractivity contribution >= 4 is 21.4 Å². The summed E-state index contributed by atoms with van der Waals surface area (Å²) in [4.78, 5) is 13.5. The molecule has 0 amide bonds. The van der Waals surface area contributed by atoms with Crippen LogP contribution in [0.1, 0.15) is 29.8 Å². The maximum Gasteiger partial charge on any atom is 0.305 e. The van der Waals surface area contributed by atoms with E-state index in [-0.39, 0.29) is 15.1 Å². The number of nitrogens with zero attached hydrogens (tertiary/aromatic N) is 1. The largest absolute Gasteiger partial charge is 0.315 e. The van der Waals surface area contributed by atoms with Gasteiger partial charge in [-0.15, -0.1) is 0 Å². The van der Waals surface area contributed by atoms with Crippen LogP contribution in [0, 0.1) is 13.8 Å². The van der Waals surface area contributed by atoms with Gasteiger partial charge in [-0.25, -0.2) is 8.42 Å². The summed E-state index contributed by atoms with van der Waals surface area (Å²) in [6, 6.07) is 7.42. The molecule has 2 rings (SSSR count). The lowest BCUT2D eigenvalue weighted by Crippen LogP contribution is -2.29. The predicted molar refractivity (Wildman–Crippen MR) is 84.2 cm³/mol. The summed E-state index contributed by atoms with van der Waals surface area (Å²) in [5.41, 5.74) is 2.41. The minimum absolute atomic E-state index is 0.0777. The predicted octanol–water partition coefficient (Wildman–Crippen LogP) is 2.43. The molecule has 1 heterocycles. The van der Waals surface area contributed by atoms with Gasteiger partial charge in [0, 0.05) is 18.8 Å². The number of H-pyrrole nitrogens is 1. The van der Waals surface area contributed by atoms with Gasteiger partial charge in [0.15, 0.2) is 4.21 Å². The molecule has 5 nitrogen and oxygen atoms in total. The van der Waals surface area contributed by atoms with Crippen LogP contribution < -0.4 is 4.87 Å². The maximum atomic E-state index is 12.6. The SMILES string of the molecule is Cc1ccc(C(C)N(C)S(=O)(=O)c2sc(=O)[nH]c2C)cc1. The van der Waals surface area contributed by atoms with Crippen molar-refractivity contribution in [1.29, 1.82) is 0 Å². The molecule has 1 unspecified atom stereocenters. The van der Waals surface area contributed by atoms with Crippen molar-refractivity contribution in [3.63, 3.8) is 0 Å². The molecule has 0 bridgehead atoms. The molecular formula is C14H18N2O3S2. The van der Waals surface area contributed by atoms with Crippen LogP contribution >= 0.6 is 11.3 Å². The highest BCUT2D eigenvalue weighted by molar-refractivity contribution is 7.91. The van der Waals surface area contributed by atoms with E-state index >= 15 is 0 Å². The quantitative estimate of drug-likeness (QED) is 0.938. The smallest absolute Gasteiger partial charge is 0.305 e. The van der Waals surface area contributed by atoms with Gasteiger partial charge in [0.2, 0.25) is 0 Å². The third-order valence-electron chi connectivity index (χ3n) is 3.50. The van der Waals surface area contributed by atoms with Gasteiger partial charge < -0.3 is 4.98 Å². The molecule has 0 aliphatic rings. The molecule has 0 aliphatic carbocycles. The van der Waals surface area contributed by atoms with Crippen LogP contribution in [0.15, 0.2) is 33.3 Å². The van der Waals surface area contributed by atoms with E-state index in [0.717, 1.165) is 22.5 Å². The fraction of sp³-hybridized carbons (Fsp3) is 0.357. The Morgan fingerprint density at radius 3 is 2.24 bits per heavy atom. The number of thiazole rings is 1. The normalized spacial score (nSPS) is 13.6. The Labute approximate surface area is 128 Å². The first-order chi connectivity index (χ1) is 9.73. The van der Waals surface area contributed by atoms with Crippen LogP contribution in [0.3, 0.4) is 0 Å². The molecule has 1 aromatic heterocycles. The van der Waals surface area contributed by atoms with E-state index in [1.165, 1.54) is 11.4 Å². The van der Waals surface area contributed by atoms with Crippen molar-refractivity contribution in [2.24, 2.45) is 0 Å². The van der Waals surface area contributed by atoms with Gasteiger partial charge in [-0.05, 0) is 26.3 Å². The summed E-state index contributed by atoms with van der Waals surface area (Å²) in [6.45, 7) is 5.40. The zero-order valence-corrected chi connectivity index (χ0v) is 14.0. The number of aromatic nitrogens is 1. The number of hydrogen-bond donors (Lipinski definition) is 1. The summed E-state index contributed by atoms with van der Waals surface area (Å²) in [5.74, 6) is 0. The number of sulfonamides is 1. The van der Waals surface area contributed by atoms with Gasteiger partial charge in [-0.1, -0.05) is 41.2 Å². The molecule has 114 valence electrons. The average Bonchev–Trinajstić information content (AvgIpc) is 2.77. The first kappa shape index (κ1) is 15.9. The summed E-state index contributed by atoms with van der Waals surface area (Å²) in [5, 5.41) is 0. The highest BCUT2D eigenvalue weighted by Crippen LogP contribution is 2.28.